The molecule has 140 valence electrons. The molecule has 26 heavy (non-hydrogen) atoms. The second-order valence-electron chi connectivity index (χ2n) is 7.01. The zero-order valence-corrected chi connectivity index (χ0v) is 17.5. The van der Waals surface area contributed by atoms with Crippen molar-refractivity contribution in [1.29, 1.82) is 0 Å². The minimum absolute atomic E-state index is 0.148. The number of esters is 1. The summed E-state index contributed by atoms with van der Waals surface area (Å²) >= 11 is 3.55. The quantitative estimate of drug-likeness (QED) is 0.508. The fraction of sp³-hybridized carbons (Fsp3) is 0.409. The Kier molecular flexibility index (Phi) is 7.27. The van der Waals surface area contributed by atoms with Crippen LogP contribution in [0.1, 0.15) is 38.8 Å². The first-order valence-corrected chi connectivity index (χ1v) is 9.78. The zero-order valence-electron chi connectivity index (χ0n) is 15.9. The van der Waals surface area contributed by atoms with Crippen molar-refractivity contribution in [3.63, 3.8) is 0 Å². The Bertz CT molecular complexity index is 727. The normalized spacial score (nSPS) is 13.3. The number of carbonyl (C=O) groups excluding carboxylic acids is 1. The number of hydrogen-bond acceptors (Lipinski definition) is 3. The topological polar surface area (TPSA) is 35.5 Å². The van der Waals surface area contributed by atoms with E-state index in [0.717, 1.165) is 21.3 Å². The van der Waals surface area contributed by atoms with Crippen LogP contribution in [0, 0.1) is 11.3 Å². The van der Waals surface area contributed by atoms with Gasteiger partial charge in [0.05, 0.1) is 16.5 Å². The van der Waals surface area contributed by atoms with Crippen molar-refractivity contribution in [1.82, 2.24) is 0 Å². The first-order valence-electron chi connectivity index (χ1n) is 8.99. The standard InChI is InChI=1S/C22H27BrO3/c1-5-25-21(24)22(4,16(2)3)14-18-11-12-19(23)20(13-18)26-15-17-9-7-6-8-10-17/h6-13,16H,5,14-15H2,1-4H3. The third kappa shape index (κ3) is 5.10. The Hall–Kier alpha value is -1.81. The van der Waals surface area contributed by atoms with E-state index < -0.39 is 5.41 Å². The van der Waals surface area contributed by atoms with E-state index in [9.17, 15) is 4.79 Å². The lowest BCUT2D eigenvalue weighted by molar-refractivity contribution is -0.157. The van der Waals surface area contributed by atoms with Gasteiger partial charge in [0.1, 0.15) is 12.4 Å². The van der Waals surface area contributed by atoms with E-state index in [-0.39, 0.29) is 11.9 Å². The minimum Gasteiger partial charge on any atom is -0.488 e. The van der Waals surface area contributed by atoms with Crippen molar-refractivity contribution in [2.75, 3.05) is 6.61 Å². The molecule has 0 aliphatic rings. The summed E-state index contributed by atoms with van der Waals surface area (Å²) in [6, 6.07) is 16.1. The van der Waals surface area contributed by atoms with Gasteiger partial charge in [0.25, 0.3) is 0 Å². The maximum atomic E-state index is 12.5. The zero-order chi connectivity index (χ0) is 19.2. The van der Waals surface area contributed by atoms with Crippen molar-refractivity contribution in [3.05, 3.63) is 64.1 Å². The van der Waals surface area contributed by atoms with Crippen molar-refractivity contribution in [2.24, 2.45) is 11.3 Å². The van der Waals surface area contributed by atoms with Gasteiger partial charge < -0.3 is 9.47 Å². The van der Waals surface area contributed by atoms with E-state index in [4.69, 9.17) is 9.47 Å². The fourth-order valence-electron chi connectivity index (χ4n) is 2.74. The Morgan fingerprint density at radius 3 is 2.42 bits per heavy atom. The molecule has 4 heteroatoms. The van der Waals surface area contributed by atoms with Crippen LogP contribution >= 0.6 is 15.9 Å². The number of halogens is 1. The summed E-state index contributed by atoms with van der Waals surface area (Å²) in [7, 11) is 0. The summed E-state index contributed by atoms with van der Waals surface area (Å²) < 4.78 is 12.2. The number of ether oxygens (including phenoxy) is 2. The van der Waals surface area contributed by atoms with Crippen LogP contribution in [0.5, 0.6) is 5.75 Å². The van der Waals surface area contributed by atoms with Gasteiger partial charge in [-0.05, 0) is 65.4 Å². The van der Waals surface area contributed by atoms with Crippen LogP contribution < -0.4 is 4.74 Å². The van der Waals surface area contributed by atoms with Gasteiger partial charge in [0, 0.05) is 0 Å². The molecule has 2 aromatic carbocycles. The van der Waals surface area contributed by atoms with Gasteiger partial charge >= 0.3 is 5.97 Å². The Morgan fingerprint density at radius 1 is 1.12 bits per heavy atom. The van der Waals surface area contributed by atoms with Crippen LogP contribution in [-0.2, 0) is 22.6 Å². The summed E-state index contributed by atoms with van der Waals surface area (Å²) in [5.41, 5.74) is 1.60. The van der Waals surface area contributed by atoms with Gasteiger partial charge in [-0.25, -0.2) is 0 Å². The lowest BCUT2D eigenvalue weighted by Crippen LogP contribution is -2.37. The van der Waals surface area contributed by atoms with Gasteiger partial charge in [-0.2, -0.15) is 0 Å². The summed E-state index contributed by atoms with van der Waals surface area (Å²) in [6.07, 6.45) is 0.610. The summed E-state index contributed by atoms with van der Waals surface area (Å²) in [4.78, 5) is 12.5. The fourth-order valence-corrected chi connectivity index (χ4v) is 3.10. The van der Waals surface area contributed by atoms with Gasteiger partial charge in [-0.15, -0.1) is 0 Å². The smallest absolute Gasteiger partial charge is 0.312 e. The van der Waals surface area contributed by atoms with E-state index in [1.807, 2.05) is 62.4 Å². The highest BCUT2D eigenvalue weighted by molar-refractivity contribution is 9.10. The molecule has 0 N–H and O–H groups in total. The second-order valence-corrected chi connectivity index (χ2v) is 7.86. The molecule has 0 amide bonds. The summed E-state index contributed by atoms with van der Waals surface area (Å²) in [6.45, 7) is 8.83. The molecule has 0 bridgehead atoms. The molecular weight excluding hydrogens is 392 g/mol. The van der Waals surface area contributed by atoms with Gasteiger partial charge in [0.15, 0.2) is 0 Å². The molecule has 0 aliphatic heterocycles. The first-order chi connectivity index (χ1) is 12.4. The number of hydrogen-bond donors (Lipinski definition) is 0. The van der Waals surface area contributed by atoms with Crippen molar-refractivity contribution in [3.8, 4) is 5.75 Å². The van der Waals surface area contributed by atoms with E-state index in [2.05, 4.69) is 29.8 Å². The van der Waals surface area contributed by atoms with Crippen molar-refractivity contribution < 1.29 is 14.3 Å². The van der Waals surface area contributed by atoms with E-state index in [1.54, 1.807) is 0 Å². The van der Waals surface area contributed by atoms with Crippen LogP contribution in [0.3, 0.4) is 0 Å². The SMILES string of the molecule is CCOC(=O)C(C)(Cc1ccc(Br)c(OCc2ccccc2)c1)C(C)C. The predicted octanol–water partition coefficient (Wildman–Crippen LogP) is 5.80. The molecule has 0 heterocycles. The Morgan fingerprint density at radius 2 is 1.81 bits per heavy atom. The molecule has 0 saturated heterocycles. The highest BCUT2D eigenvalue weighted by Crippen LogP contribution is 2.35. The second kappa shape index (κ2) is 9.22. The molecule has 0 radical (unpaired) electrons. The van der Waals surface area contributed by atoms with Gasteiger partial charge in [0.2, 0.25) is 0 Å². The molecular formula is C22H27BrO3. The largest absolute Gasteiger partial charge is 0.488 e. The highest BCUT2D eigenvalue weighted by atomic mass is 79.9. The molecule has 0 aliphatic carbocycles. The van der Waals surface area contributed by atoms with Gasteiger partial charge in [-0.3, -0.25) is 4.79 Å². The lowest BCUT2D eigenvalue weighted by atomic mass is 9.74. The molecule has 0 saturated carbocycles. The maximum Gasteiger partial charge on any atom is 0.312 e. The Balaban J connectivity index is 2.18. The molecule has 0 fully saturated rings. The molecule has 1 unspecified atom stereocenters. The first kappa shape index (κ1) is 20.5. The Labute approximate surface area is 164 Å². The number of benzene rings is 2. The van der Waals surface area contributed by atoms with Crippen LogP contribution in [0.2, 0.25) is 0 Å². The predicted molar refractivity (Wildman–Crippen MR) is 108 cm³/mol. The van der Waals surface area contributed by atoms with E-state index in [0.29, 0.717) is 19.6 Å². The van der Waals surface area contributed by atoms with E-state index in [1.165, 1.54) is 0 Å². The average molecular weight is 419 g/mol. The highest BCUT2D eigenvalue weighted by Gasteiger charge is 2.38. The summed E-state index contributed by atoms with van der Waals surface area (Å²) in [5.74, 6) is 0.796. The molecule has 3 nitrogen and oxygen atoms in total. The molecule has 0 aromatic heterocycles. The van der Waals surface area contributed by atoms with Gasteiger partial charge in [-0.1, -0.05) is 50.2 Å². The minimum atomic E-state index is -0.569. The van der Waals surface area contributed by atoms with Crippen LogP contribution in [0.25, 0.3) is 0 Å². The monoisotopic (exact) mass is 418 g/mol. The maximum absolute atomic E-state index is 12.5. The van der Waals surface area contributed by atoms with Crippen LogP contribution in [0.4, 0.5) is 0 Å². The van der Waals surface area contributed by atoms with Crippen molar-refractivity contribution >= 4 is 21.9 Å². The van der Waals surface area contributed by atoms with E-state index >= 15 is 0 Å². The van der Waals surface area contributed by atoms with Crippen LogP contribution in [0.15, 0.2) is 53.0 Å². The lowest BCUT2D eigenvalue weighted by Gasteiger charge is -2.31. The van der Waals surface area contributed by atoms with Crippen molar-refractivity contribution in [2.45, 2.75) is 40.7 Å². The average Bonchev–Trinajstić information content (AvgIpc) is 2.63. The van der Waals surface area contributed by atoms with Crippen LogP contribution in [-0.4, -0.2) is 12.6 Å². The molecule has 2 aromatic rings. The third-order valence-corrected chi connectivity index (χ3v) is 5.48. The molecule has 0 spiro atoms. The number of rotatable bonds is 8. The summed E-state index contributed by atoms with van der Waals surface area (Å²) in [5, 5.41) is 0. The third-order valence-electron chi connectivity index (χ3n) is 4.82. The molecule has 1 atom stereocenters. The molecule has 2 rings (SSSR count). The number of carbonyl (C=O) groups is 1.